The minimum atomic E-state index is -3.54. The summed E-state index contributed by atoms with van der Waals surface area (Å²) in [6.45, 7) is 9.33. The molecular weight excluding hydrogens is 406 g/mol. The lowest BCUT2D eigenvalue weighted by atomic mass is 10.2. The molecule has 1 heterocycles. The Bertz CT molecular complexity index is 847. The summed E-state index contributed by atoms with van der Waals surface area (Å²) in [5.74, 6) is 0.665. The van der Waals surface area contributed by atoms with Gasteiger partial charge in [0.1, 0.15) is 5.60 Å². The molecule has 1 aromatic carbocycles. The van der Waals surface area contributed by atoms with Crippen LogP contribution in [0.15, 0.2) is 34.2 Å². The quantitative estimate of drug-likeness (QED) is 0.351. The fraction of sp³-hybridized carbons (Fsp3) is 0.600. The molecule has 0 bridgehead atoms. The summed E-state index contributed by atoms with van der Waals surface area (Å²) in [4.78, 5) is 18.5. The maximum absolute atomic E-state index is 12.3. The van der Waals surface area contributed by atoms with Gasteiger partial charge in [0.2, 0.25) is 10.0 Å². The highest BCUT2D eigenvalue weighted by molar-refractivity contribution is 7.89. The van der Waals surface area contributed by atoms with Crippen LogP contribution in [0.25, 0.3) is 0 Å². The van der Waals surface area contributed by atoms with E-state index in [0.29, 0.717) is 19.0 Å². The van der Waals surface area contributed by atoms with Crippen LogP contribution >= 0.6 is 0 Å². The van der Waals surface area contributed by atoms with Crippen molar-refractivity contribution in [3.8, 4) is 0 Å². The van der Waals surface area contributed by atoms with E-state index >= 15 is 0 Å². The summed E-state index contributed by atoms with van der Waals surface area (Å²) in [5.41, 5.74) is 0.468. The molecule has 0 aliphatic carbocycles. The highest BCUT2D eigenvalue weighted by Crippen LogP contribution is 2.12. The Morgan fingerprint density at radius 1 is 1.23 bits per heavy atom. The first-order valence-electron chi connectivity index (χ1n) is 10.0. The number of benzene rings is 1. The van der Waals surface area contributed by atoms with Crippen molar-refractivity contribution in [2.75, 3.05) is 33.2 Å². The number of aliphatic imine (C=N–C) groups is 1. The smallest absolute Gasteiger partial charge is 0.407 e. The van der Waals surface area contributed by atoms with Crippen molar-refractivity contribution < 1.29 is 17.9 Å². The normalized spacial score (nSPS) is 17.7. The Morgan fingerprint density at radius 3 is 2.50 bits per heavy atom. The van der Waals surface area contributed by atoms with Crippen molar-refractivity contribution in [2.45, 2.75) is 50.7 Å². The molecule has 1 aliphatic heterocycles. The number of hydrogen-bond donors (Lipinski definition) is 3. The predicted octanol–water partition coefficient (Wildman–Crippen LogP) is 1.45. The molecule has 0 radical (unpaired) electrons. The van der Waals surface area contributed by atoms with Crippen LogP contribution in [0.5, 0.6) is 0 Å². The monoisotopic (exact) mass is 439 g/mol. The highest BCUT2D eigenvalue weighted by atomic mass is 32.2. The third kappa shape index (κ3) is 7.49. The molecule has 1 unspecified atom stereocenters. The van der Waals surface area contributed by atoms with E-state index in [1.165, 1.54) is 0 Å². The lowest BCUT2D eigenvalue weighted by Gasteiger charge is -2.23. The zero-order chi connectivity index (χ0) is 22.4. The van der Waals surface area contributed by atoms with Gasteiger partial charge >= 0.3 is 6.09 Å². The standard InChI is InChI=1S/C20H33N5O4S/c1-15-6-8-17(9-7-15)30(27,28)23-12-11-22-18(21-5)25-13-10-16(14-25)24-19(26)29-20(2,3)4/h6-9,16,23H,10-14H2,1-5H3,(H,21,22)(H,24,26). The van der Waals surface area contributed by atoms with E-state index in [0.717, 1.165) is 18.5 Å². The van der Waals surface area contributed by atoms with Crippen molar-refractivity contribution in [1.29, 1.82) is 0 Å². The summed E-state index contributed by atoms with van der Waals surface area (Å²) in [5, 5.41) is 6.04. The average Bonchev–Trinajstić information content (AvgIpc) is 3.08. The van der Waals surface area contributed by atoms with Crippen molar-refractivity contribution in [2.24, 2.45) is 4.99 Å². The largest absolute Gasteiger partial charge is 0.444 e. The van der Waals surface area contributed by atoms with E-state index in [9.17, 15) is 13.2 Å². The maximum atomic E-state index is 12.3. The Kier molecular flexibility index (Phi) is 8.08. The fourth-order valence-corrected chi connectivity index (χ4v) is 4.07. The molecule has 0 saturated carbocycles. The second kappa shape index (κ2) is 10.1. The lowest BCUT2D eigenvalue weighted by molar-refractivity contribution is 0.0507. The number of hydrogen-bond acceptors (Lipinski definition) is 5. The first-order chi connectivity index (χ1) is 14.0. The number of guanidine groups is 1. The van der Waals surface area contributed by atoms with Crippen LogP contribution in [-0.4, -0.2) is 70.2 Å². The van der Waals surface area contributed by atoms with Gasteiger partial charge in [-0.3, -0.25) is 4.99 Å². The van der Waals surface area contributed by atoms with Crippen LogP contribution in [0, 0.1) is 6.92 Å². The molecule has 1 aliphatic rings. The van der Waals surface area contributed by atoms with Gasteiger partial charge in [0, 0.05) is 33.2 Å². The van der Waals surface area contributed by atoms with Crippen molar-refractivity contribution in [3.05, 3.63) is 29.8 Å². The minimum absolute atomic E-state index is 0.0292. The number of aryl methyl sites for hydroxylation is 1. The van der Waals surface area contributed by atoms with E-state index in [1.807, 2.05) is 32.6 Å². The number of likely N-dealkylation sites (tertiary alicyclic amines) is 1. The molecule has 3 N–H and O–H groups in total. The van der Waals surface area contributed by atoms with Gasteiger partial charge in [0.15, 0.2) is 5.96 Å². The molecule has 1 atom stereocenters. The first-order valence-corrected chi connectivity index (χ1v) is 11.5. The van der Waals surface area contributed by atoms with Gasteiger partial charge in [-0.1, -0.05) is 17.7 Å². The second-order valence-corrected chi connectivity index (χ2v) is 10.0. The van der Waals surface area contributed by atoms with Gasteiger partial charge in [-0.15, -0.1) is 0 Å². The predicted molar refractivity (Wildman–Crippen MR) is 117 cm³/mol. The van der Waals surface area contributed by atoms with Gasteiger partial charge < -0.3 is 20.3 Å². The molecule has 1 aromatic rings. The minimum Gasteiger partial charge on any atom is -0.444 e. The Morgan fingerprint density at radius 2 is 1.90 bits per heavy atom. The molecule has 2 rings (SSSR count). The van der Waals surface area contributed by atoms with Crippen LogP contribution in [-0.2, 0) is 14.8 Å². The zero-order valence-electron chi connectivity index (χ0n) is 18.4. The lowest BCUT2D eigenvalue weighted by Crippen LogP contribution is -2.45. The van der Waals surface area contributed by atoms with Crippen LogP contribution in [0.3, 0.4) is 0 Å². The van der Waals surface area contributed by atoms with Gasteiger partial charge in [0.25, 0.3) is 0 Å². The number of carbonyl (C=O) groups is 1. The van der Waals surface area contributed by atoms with E-state index in [2.05, 4.69) is 20.3 Å². The molecule has 0 spiro atoms. The van der Waals surface area contributed by atoms with E-state index in [1.54, 1.807) is 31.3 Å². The molecular formula is C20H33N5O4S. The van der Waals surface area contributed by atoms with Crippen LogP contribution in [0.4, 0.5) is 4.79 Å². The molecule has 168 valence electrons. The number of alkyl carbamates (subject to hydrolysis) is 1. The summed E-state index contributed by atoms with van der Waals surface area (Å²) < 4.78 is 32.5. The summed E-state index contributed by atoms with van der Waals surface area (Å²) >= 11 is 0. The van der Waals surface area contributed by atoms with E-state index in [-0.39, 0.29) is 17.5 Å². The Balaban J connectivity index is 1.77. The zero-order valence-corrected chi connectivity index (χ0v) is 19.2. The maximum Gasteiger partial charge on any atom is 0.407 e. The Hall–Kier alpha value is -2.33. The third-order valence-electron chi connectivity index (χ3n) is 4.45. The average molecular weight is 440 g/mol. The van der Waals surface area contributed by atoms with Crippen LogP contribution in [0.2, 0.25) is 0 Å². The number of amides is 1. The molecule has 30 heavy (non-hydrogen) atoms. The second-order valence-electron chi connectivity index (χ2n) is 8.26. The summed E-state index contributed by atoms with van der Waals surface area (Å²) in [7, 11) is -1.87. The first kappa shape index (κ1) is 23.9. The number of sulfonamides is 1. The van der Waals surface area contributed by atoms with Gasteiger partial charge in [-0.2, -0.15) is 0 Å². The summed E-state index contributed by atoms with van der Waals surface area (Å²) in [6.07, 6.45) is 0.350. The molecule has 0 aromatic heterocycles. The number of rotatable bonds is 6. The number of nitrogens with zero attached hydrogens (tertiary/aromatic N) is 2. The van der Waals surface area contributed by atoms with Gasteiger partial charge in [-0.05, 0) is 46.2 Å². The van der Waals surface area contributed by atoms with Gasteiger partial charge in [0.05, 0.1) is 10.9 Å². The molecule has 10 heteroatoms. The van der Waals surface area contributed by atoms with E-state index < -0.39 is 21.7 Å². The number of nitrogens with one attached hydrogen (secondary N) is 3. The topological polar surface area (TPSA) is 112 Å². The molecule has 1 amide bonds. The van der Waals surface area contributed by atoms with Gasteiger partial charge in [-0.25, -0.2) is 17.9 Å². The van der Waals surface area contributed by atoms with E-state index in [4.69, 9.17) is 4.74 Å². The summed E-state index contributed by atoms with van der Waals surface area (Å²) in [6, 6.07) is 6.68. The highest BCUT2D eigenvalue weighted by Gasteiger charge is 2.27. The van der Waals surface area contributed by atoms with Crippen LogP contribution < -0.4 is 15.4 Å². The number of carbonyl (C=O) groups excluding carboxylic acids is 1. The Labute approximate surface area is 179 Å². The molecule has 9 nitrogen and oxygen atoms in total. The third-order valence-corrected chi connectivity index (χ3v) is 5.93. The van der Waals surface area contributed by atoms with Crippen molar-refractivity contribution in [3.63, 3.8) is 0 Å². The molecule has 1 fully saturated rings. The fourth-order valence-electron chi connectivity index (χ4n) is 3.04. The SMILES string of the molecule is CN=C(NCCNS(=O)(=O)c1ccc(C)cc1)N1CCC(NC(=O)OC(C)(C)C)C1. The van der Waals surface area contributed by atoms with Crippen molar-refractivity contribution >= 4 is 22.1 Å². The number of ether oxygens (including phenoxy) is 1. The van der Waals surface area contributed by atoms with Crippen molar-refractivity contribution in [1.82, 2.24) is 20.3 Å². The van der Waals surface area contributed by atoms with Crippen LogP contribution in [0.1, 0.15) is 32.8 Å². The molecule has 1 saturated heterocycles.